The second kappa shape index (κ2) is 3.56. The minimum atomic E-state index is -2.38. The van der Waals surface area contributed by atoms with E-state index < -0.39 is 12.5 Å². The lowest BCUT2D eigenvalue weighted by molar-refractivity contribution is 0.121. The number of nitrogens with one attached hydrogen (secondary N) is 1. The molecule has 0 spiro atoms. The average Bonchev–Trinajstić information content (AvgIpc) is 2.04. The van der Waals surface area contributed by atoms with Crippen LogP contribution in [0.4, 0.5) is 8.78 Å². The quantitative estimate of drug-likeness (QED) is 0.689. The summed E-state index contributed by atoms with van der Waals surface area (Å²) in [5, 5.41) is 2.54. The molecule has 4 heteroatoms. The van der Waals surface area contributed by atoms with Crippen molar-refractivity contribution in [3.63, 3.8) is 0 Å². The van der Waals surface area contributed by atoms with Gasteiger partial charge in [0.25, 0.3) is 6.43 Å². The van der Waals surface area contributed by atoms with E-state index in [1.807, 2.05) is 0 Å². The summed E-state index contributed by atoms with van der Waals surface area (Å²) >= 11 is 0. The van der Waals surface area contributed by atoms with E-state index >= 15 is 0 Å². The average molecular weight is 175 g/mol. The van der Waals surface area contributed by atoms with Crippen LogP contribution in [0, 0.1) is 0 Å². The highest BCUT2D eigenvalue weighted by atomic mass is 19.3. The summed E-state index contributed by atoms with van der Waals surface area (Å²) in [6.07, 6.45) is 0.546. The molecule has 68 valence electrons. The zero-order valence-electron chi connectivity index (χ0n) is 6.97. The lowest BCUT2D eigenvalue weighted by Crippen LogP contribution is -2.33. The molecule has 2 nitrogen and oxygen atoms in total. The molecule has 1 aliphatic rings. The van der Waals surface area contributed by atoms with Gasteiger partial charge >= 0.3 is 0 Å². The maximum absolute atomic E-state index is 12.1. The van der Waals surface area contributed by atoms with Gasteiger partial charge in [0.1, 0.15) is 11.8 Å². The number of rotatable bonds is 2. The van der Waals surface area contributed by atoms with Gasteiger partial charge in [0.15, 0.2) is 0 Å². The third-order valence-corrected chi connectivity index (χ3v) is 1.72. The highest BCUT2D eigenvalue weighted by Gasteiger charge is 2.20. The number of methoxy groups -OCH3 is 1. The lowest BCUT2D eigenvalue weighted by Gasteiger charge is -2.20. The van der Waals surface area contributed by atoms with E-state index in [0.29, 0.717) is 5.76 Å². The van der Waals surface area contributed by atoms with Crippen LogP contribution < -0.4 is 5.32 Å². The number of alkyl halides is 2. The van der Waals surface area contributed by atoms with Crippen molar-refractivity contribution in [2.45, 2.75) is 19.4 Å². The number of ether oxygens (including phenoxy) is 1. The van der Waals surface area contributed by atoms with Crippen LogP contribution in [0.5, 0.6) is 0 Å². The Morgan fingerprint density at radius 2 is 2.25 bits per heavy atom. The Bertz CT molecular complexity index is 223. The minimum Gasteiger partial charge on any atom is -0.495 e. The van der Waals surface area contributed by atoms with E-state index in [2.05, 4.69) is 5.32 Å². The van der Waals surface area contributed by atoms with Gasteiger partial charge in [-0.2, -0.15) is 0 Å². The molecule has 1 rings (SSSR count). The molecule has 0 aromatic carbocycles. The van der Waals surface area contributed by atoms with E-state index in [1.165, 1.54) is 19.4 Å². The maximum atomic E-state index is 12.1. The van der Waals surface area contributed by atoms with Gasteiger partial charge in [-0.15, -0.1) is 0 Å². The summed E-state index contributed by atoms with van der Waals surface area (Å²) in [4.78, 5) is 0. The zero-order valence-corrected chi connectivity index (χ0v) is 6.97. The monoisotopic (exact) mass is 175 g/mol. The van der Waals surface area contributed by atoms with Crippen LogP contribution in [0.1, 0.15) is 6.92 Å². The summed E-state index contributed by atoms with van der Waals surface area (Å²) in [5.41, 5.74) is 0.738. The van der Waals surface area contributed by atoms with Gasteiger partial charge in [0, 0.05) is 6.20 Å². The standard InChI is InChI=1S/C8H11F2NO/c1-5-3-6(8(9)10)11-4-7(5)12-2/h3-4,6,8,11H,1-2H3. The molecule has 0 fully saturated rings. The van der Waals surface area contributed by atoms with E-state index in [4.69, 9.17) is 4.74 Å². The van der Waals surface area contributed by atoms with Crippen LogP contribution in [-0.4, -0.2) is 19.6 Å². The van der Waals surface area contributed by atoms with Gasteiger partial charge in [-0.25, -0.2) is 8.78 Å². The third kappa shape index (κ3) is 1.75. The highest BCUT2D eigenvalue weighted by molar-refractivity contribution is 5.29. The van der Waals surface area contributed by atoms with Crippen LogP contribution in [0.3, 0.4) is 0 Å². The molecular formula is C8H11F2NO. The molecule has 1 atom stereocenters. The highest BCUT2D eigenvalue weighted by Crippen LogP contribution is 2.17. The molecule has 0 saturated heterocycles. The SMILES string of the molecule is COC1=CNC(C(F)F)C=C1C. The molecule has 0 amide bonds. The fraction of sp³-hybridized carbons (Fsp3) is 0.500. The molecule has 1 unspecified atom stereocenters. The van der Waals surface area contributed by atoms with Crippen molar-refractivity contribution < 1.29 is 13.5 Å². The first-order chi connectivity index (χ1) is 5.65. The van der Waals surface area contributed by atoms with Gasteiger partial charge in [0.05, 0.1) is 7.11 Å². The molecule has 12 heavy (non-hydrogen) atoms. The Morgan fingerprint density at radius 1 is 1.58 bits per heavy atom. The van der Waals surface area contributed by atoms with Crippen molar-refractivity contribution in [2.75, 3.05) is 7.11 Å². The first kappa shape index (κ1) is 9.03. The van der Waals surface area contributed by atoms with Crippen molar-refractivity contribution in [1.82, 2.24) is 5.32 Å². The van der Waals surface area contributed by atoms with E-state index in [1.54, 1.807) is 6.92 Å². The zero-order chi connectivity index (χ0) is 9.14. The van der Waals surface area contributed by atoms with Gasteiger partial charge in [-0.1, -0.05) is 6.08 Å². The Hall–Kier alpha value is -1.06. The Labute approximate surface area is 69.9 Å². The third-order valence-electron chi connectivity index (χ3n) is 1.72. The van der Waals surface area contributed by atoms with Gasteiger partial charge in [-0.05, 0) is 12.5 Å². The summed E-state index contributed by atoms with van der Waals surface area (Å²) in [6, 6.07) is -0.885. The normalized spacial score (nSPS) is 22.9. The molecule has 1 heterocycles. The predicted molar refractivity (Wildman–Crippen MR) is 41.8 cm³/mol. The van der Waals surface area contributed by atoms with E-state index in [0.717, 1.165) is 5.57 Å². The van der Waals surface area contributed by atoms with Crippen LogP contribution in [0.25, 0.3) is 0 Å². The smallest absolute Gasteiger partial charge is 0.261 e. The van der Waals surface area contributed by atoms with Crippen molar-refractivity contribution in [3.8, 4) is 0 Å². The molecule has 0 saturated carbocycles. The first-order valence-electron chi connectivity index (χ1n) is 3.62. The lowest BCUT2D eigenvalue weighted by atomic mass is 10.1. The molecule has 1 aliphatic heterocycles. The van der Waals surface area contributed by atoms with Crippen LogP contribution in [-0.2, 0) is 4.74 Å². The summed E-state index contributed by atoms with van der Waals surface area (Å²) < 4.78 is 29.2. The molecule has 0 aromatic rings. The summed E-state index contributed by atoms with van der Waals surface area (Å²) in [6.45, 7) is 1.74. The minimum absolute atomic E-state index is 0.604. The number of hydrogen-bond donors (Lipinski definition) is 1. The molecule has 0 aliphatic carbocycles. The van der Waals surface area contributed by atoms with Crippen LogP contribution in [0.15, 0.2) is 23.6 Å². The number of halogens is 2. The van der Waals surface area contributed by atoms with E-state index in [-0.39, 0.29) is 0 Å². The van der Waals surface area contributed by atoms with Crippen LogP contribution >= 0.6 is 0 Å². The maximum Gasteiger partial charge on any atom is 0.261 e. The topological polar surface area (TPSA) is 21.3 Å². The fourth-order valence-electron chi connectivity index (χ4n) is 1.05. The summed E-state index contributed by atoms with van der Waals surface area (Å²) in [5.74, 6) is 0.604. The van der Waals surface area contributed by atoms with Gasteiger partial charge in [-0.3, -0.25) is 0 Å². The summed E-state index contributed by atoms with van der Waals surface area (Å²) in [7, 11) is 1.51. The van der Waals surface area contributed by atoms with Crippen molar-refractivity contribution in [2.24, 2.45) is 0 Å². The Morgan fingerprint density at radius 3 is 2.67 bits per heavy atom. The predicted octanol–water partition coefficient (Wildman–Crippen LogP) is 1.66. The number of allylic oxidation sites excluding steroid dienone is 1. The Kier molecular flexibility index (Phi) is 2.68. The molecule has 0 aromatic heterocycles. The van der Waals surface area contributed by atoms with Gasteiger partial charge in [0.2, 0.25) is 0 Å². The molecule has 1 N–H and O–H groups in total. The largest absolute Gasteiger partial charge is 0.495 e. The van der Waals surface area contributed by atoms with Crippen LogP contribution in [0.2, 0.25) is 0 Å². The fourth-order valence-corrected chi connectivity index (χ4v) is 1.05. The second-order valence-electron chi connectivity index (χ2n) is 2.59. The Balaban J connectivity index is 2.69. The number of hydrogen-bond acceptors (Lipinski definition) is 2. The van der Waals surface area contributed by atoms with Gasteiger partial charge < -0.3 is 10.1 Å². The van der Waals surface area contributed by atoms with Crippen molar-refractivity contribution >= 4 is 0 Å². The first-order valence-corrected chi connectivity index (χ1v) is 3.62. The molecular weight excluding hydrogens is 164 g/mol. The van der Waals surface area contributed by atoms with Crippen molar-refractivity contribution in [3.05, 3.63) is 23.6 Å². The molecule has 0 bridgehead atoms. The van der Waals surface area contributed by atoms with E-state index in [9.17, 15) is 8.78 Å². The second-order valence-corrected chi connectivity index (χ2v) is 2.59. The molecule has 0 radical (unpaired) electrons. The van der Waals surface area contributed by atoms with Crippen molar-refractivity contribution in [1.29, 1.82) is 0 Å². The number of dihydropyridines is 1.